The summed E-state index contributed by atoms with van der Waals surface area (Å²) in [6.07, 6.45) is 4.61. The summed E-state index contributed by atoms with van der Waals surface area (Å²) in [5, 5.41) is 0. The third-order valence-corrected chi connectivity index (χ3v) is 7.75. The summed E-state index contributed by atoms with van der Waals surface area (Å²) < 4.78 is 3.26. The maximum absolute atomic E-state index is 4.11. The number of rotatable bonds is 0. The SMILES string of the molecule is C=C1C=C(C(C)(C)C)[Te]C(C(C)(C)C)=C1. The van der Waals surface area contributed by atoms with Crippen LogP contribution in [0.5, 0.6) is 0 Å². The second-order valence-electron chi connectivity index (χ2n) is 6.19. The van der Waals surface area contributed by atoms with E-state index in [0.29, 0.717) is 10.8 Å². The minimum absolute atomic E-state index is 0.156. The predicted molar refractivity (Wildman–Crippen MR) is 70.0 cm³/mol. The van der Waals surface area contributed by atoms with Gasteiger partial charge in [0.05, 0.1) is 0 Å². The summed E-state index contributed by atoms with van der Waals surface area (Å²) in [7, 11) is 0. The maximum atomic E-state index is 4.11. The van der Waals surface area contributed by atoms with Crippen molar-refractivity contribution in [1.29, 1.82) is 0 Å². The van der Waals surface area contributed by atoms with Gasteiger partial charge in [-0.05, 0) is 0 Å². The molecule has 0 amide bonds. The Morgan fingerprint density at radius 2 is 1.20 bits per heavy atom. The van der Waals surface area contributed by atoms with E-state index in [9.17, 15) is 0 Å². The first-order valence-corrected chi connectivity index (χ1v) is 7.75. The quantitative estimate of drug-likeness (QED) is 0.590. The molecule has 0 aromatic rings. The zero-order valence-electron chi connectivity index (χ0n) is 10.8. The van der Waals surface area contributed by atoms with Crippen molar-refractivity contribution in [2.24, 2.45) is 10.8 Å². The Morgan fingerprint density at radius 1 is 0.867 bits per heavy atom. The van der Waals surface area contributed by atoms with Crippen LogP contribution in [0.4, 0.5) is 0 Å². The van der Waals surface area contributed by atoms with Gasteiger partial charge in [0, 0.05) is 0 Å². The fourth-order valence-corrected chi connectivity index (χ4v) is 4.92. The standard InChI is InChI=1S/C14H22Te/c1-10-8-11(13(2,3)4)15-12(9-10)14(5,6)7/h8-9H,1H2,2-7H3. The van der Waals surface area contributed by atoms with E-state index in [0.717, 1.165) is 0 Å². The molecular formula is C14H22Te. The molecule has 0 bridgehead atoms. The molecule has 0 aliphatic carbocycles. The summed E-state index contributed by atoms with van der Waals surface area (Å²) in [5.41, 5.74) is 1.81. The molecule has 0 radical (unpaired) electrons. The van der Waals surface area contributed by atoms with Gasteiger partial charge in [-0.15, -0.1) is 0 Å². The molecule has 1 rings (SSSR count). The molecule has 1 heteroatoms. The van der Waals surface area contributed by atoms with Gasteiger partial charge in [0.2, 0.25) is 0 Å². The molecule has 0 atom stereocenters. The van der Waals surface area contributed by atoms with Crippen molar-refractivity contribution in [2.75, 3.05) is 0 Å². The molecule has 0 fully saturated rings. The molecule has 84 valence electrons. The van der Waals surface area contributed by atoms with Crippen LogP contribution in [0.1, 0.15) is 41.5 Å². The Kier molecular flexibility index (Phi) is 3.59. The average Bonchev–Trinajstić information content (AvgIpc) is 1.99. The van der Waals surface area contributed by atoms with Crippen molar-refractivity contribution in [2.45, 2.75) is 41.5 Å². The molecule has 0 spiro atoms. The molecule has 0 aromatic heterocycles. The van der Waals surface area contributed by atoms with Gasteiger partial charge in [0.15, 0.2) is 0 Å². The van der Waals surface area contributed by atoms with E-state index in [4.69, 9.17) is 0 Å². The number of hydrogen-bond donors (Lipinski definition) is 0. The number of allylic oxidation sites excluding steroid dienone is 5. The van der Waals surface area contributed by atoms with Crippen molar-refractivity contribution < 1.29 is 0 Å². The van der Waals surface area contributed by atoms with E-state index in [1.165, 1.54) is 5.57 Å². The van der Waals surface area contributed by atoms with Crippen LogP contribution in [0.25, 0.3) is 0 Å². The zero-order valence-corrected chi connectivity index (χ0v) is 13.1. The molecule has 1 aliphatic heterocycles. The summed E-state index contributed by atoms with van der Waals surface area (Å²) in [6.45, 7) is 18.0. The van der Waals surface area contributed by atoms with Crippen LogP contribution >= 0.6 is 0 Å². The molecule has 0 unspecified atom stereocenters. The van der Waals surface area contributed by atoms with Gasteiger partial charge in [-0.25, -0.2) is 0 Å². The van der Waals surface area contributed by atoms with Gasteiger partial charge < -0.3 is 0 Å². The molecule has 0 saturated heterocycles. The summed E-state index contributed by atoms with van der Waals surface area (Å²) in [6, 6.07) is 0. The molecule has 1 heterocycles. The van der Waals surface area contributed by atoms with Crippen LogP contribution in [0.2, 0.25) is 0 Å². The van der Waals surface area contributed by atoms with Crippen molar-refractivity contribution >= 4 is 20.9 Å². The van der Waals surface area contributed by atoms with E-state index in [1.54, 1.807) is 7.24 Å². The predicted octanol–water partition coefficient (Wildman–Crippen LogP) is 4.12. The van der Waals surface area contributed by atoms with E-state index in [1.807, 2.05) is 0 Å². The molecule has 15 heavy (non-hydrogen) atoms. The number of hydrogen-bond acceptors (Lipinski definition) is 0. The Balaban J connectivity index is 3.00. The first kappa shape index (κ1) is 13.1. The Bertz CT molecular complexity index is 297. The molecule has 0 N–H and O–H groups in total. The van der Waals surface area contributed by atoms with E-state index < -0.39 is 0 Å². The second kappa shape index (κ2) is 4.11. The minimum atomic E-state index is -0.156. The van der Waals surface area contributed by atoms with Crippen molar-refractivity contribution in [3.8, 4) is 0 Å². The molecule has 0 saturated carbocycles. The summed E-state index contributed by atoms with van der Waals surface area (Å²) in [4.78, 5) is 0. The summed E-state index contributed by atoms with van der Waals surface area (Å²) in [5.74, 6) is 0. The van der Waals surface area contributed by atoms with Crippen molar-refractivity contribution in [3.63, 3.8) is 0 Å². The van der Waals surface area contributed by atoms with Crippen LogP contribution in [0.3, 0.4) is 0 Å². The van der Waals surface area contributed by atoms with Gasteiger partial charge in [-0.1, -0.05) is 0 Å². The molecule has 0 nitrogen and oxygen atoms in total. The zero-order chi connectivity index (χ0) is 11.9. The van der Waals surface area contributed by atoms with Crippen LogP contribution in [0, 0.1) is 10.8 Å². The average molecular weight is 318 g/mol. The van der Waals surface area contributed by atoms with E-state index in [-0.39, 0.29) is 20.9 Å². The monoisotopic (exact) mass is 320 g/mol. The van der Waals surface area contributed by atoms with E-state index >= 15 is 0 Å². The van der Waals surface area contributed by atoms with E-state index in [2.05, 4.69) is 60.3 Å². The van der Waals surface area contributed by atoms with Crippen LogP contribution in [-0.2, 0) is 0 Å². The van der Waals surface area contributed by atoms with Crippen LogP contribution < -0.4 is 0 Å². The topological polar surface area (TPSA) is 0 Å². The Hall–Kier alpha value is 0.00961. The Morgan fingerprint density at radius 3 is 1.47 bits per heavy atom. The van der Waals surface area contributed by atoms with Crippen LogP contribution in [0.15, 0.2) is 31.5 Å². The summed E-state index contributed by atoms with van der Waals surface area (Å²) >= 11 is -0.156. The normalized spacial score (nSPS) is 18.7. The van der Waals surface area contributed by atoms with Gasteiger partial charge in [-0.2, -0.15) is 0 Å². The first-order chi connectivity index (χ1) is 6.60. The third-order valence-electron chi connectivity index (χ3n) is 2.33. The van der Waals surface area contributed by atoms with Gasteiger partial charge in [-0.3, -0.25) is 0 Å². The van der Waals surface area contributed by atoms with Crippen molar-refractivity contribution in [3.05, 3.63) is 31.5 Å². The Labute approximate surface area is 105 Å². The third kappa shape index (κ3) is 3.51. The molecule has 0 aromatic carbocycles. The molecular weight excluding hydrogens is 296 g/mol. The first-order valence-electron chi connectivity index (χ1n) is 5.42. The fraction of sp³-hybridized carbons (Fsp3) is 0.571. The van der Waals surface area contributed by atoms with Gasteiger partial charge in [0.25, 0.3) is 0 Å². The fourth-order valence-electron chi connectivity index (χ4n) is 1.30. The second-order valence-corrected chi connectivity index (χ2v) is 9.29. The van der Waals surface area contributed by atoms with Crippen molar-refractivity contribution in [1.82, 2.24) is 0 Å². The molecule has 1 aliphatic rings. The van der Waals surface area contributed by atoms with Crippen LogP contribution in [-0.4, -0.2) is 20.9 Å². The van der Waals surface area contributed by atoms with Gasteiger partial charge in [0.1, 0.15) is 0 Å². The van der Waals surface area contributed by atoms with Gasteiger partial charge >= 0.3 is 105 Å².